The summed E-state index contributed by atoms with van der Waals surface area (Å²) in [6, 6.07) is 0. The first-order chi connectivity index (χ1) is 5.64. The zero-order valence-corrected chi connectivity index (χ0v) is 7.38. The molecule has 3 aliphatic carbocycles. The first-order valence-corrected chi connectivity index (χ1v) is 6.04. The molecule has 1 aliphatic heterocycles. The van der Waals surface area contributed by atoms with Crippen LogP contribution in [0.3, 0.4) is 0 Å². The summed E-state index contributed by atoms with van der Waals surface area (Å²) in [5.41, 5.74) is 0.128. The summed E-state index contributed by atoms with van der Waals surface area (Å²) in [7, 11) is -3.14. The van der Waals surface area contributed by atoms with E-state index in [1.54, 1.807) is 0 Å². The van der Waals surface area contributed by atoms with Gasteiger partial charge < -0.3 is 0 Å². The van der Waals surface area contributed by atoms with Crippen molar-refractivity contribution in [1.29, 1.82) is 0 Å². The van der Waals surface area contributed by atoms with E-state index < -0.39 is 10.1 Å². The molecule has 1 saturated heterocycles. The third-order valence-corrected chi connectivity index (χ3v) is 6.24. The quantitative estimate of drug-likeness (QED) is 0.518. The Kier molecular flexibility index (Phi) is 0.731. The molecule has 2 bridgehead atoms. The van der Waals surface area contributed by atoms with Crippen molar-refractivity contribution in [2.24, 2.45) is 17.3 Å². The molecule has 0 aromatic heterocycles. The Bertz CT molecular complexity index is 374. The van der Waals surface area contributed by atoms with Crippen LogP contribution in [0.15, 0.2) is 0 Å². The van der Waals surface area contributed by atoms with E-state index in [1.165, 1.54) is 6.42 Å². The van der Waals surface area contributed by atoms with Gasteiger partial charge in [-0.1, -0.05) is 0 Å². The Morgan fingerprint density at radius 1 is 1.33 bits per heavy atom. The van der Waals surface area contributed by atoms with Gasteiger partial charge in [0, 0.05) is 5.41 Å². The molecule has 1 spiro atoms. The first kappa shape index (κ1) is 6.38. The molecule has 0 radical (unpaired) electrons. The van der Waals surface area contributed by atoms with Gasteiger partial charge in [-0.25, -0.2) is 0 Å². The Balaban J connectivity index is 1.97. The highest BCUT2D eigenvalue weighted by atomic mass is 32.2. The maximum atomic E-state index is 11.4. The molecule has 12 heavy (non-hydrogen) atoms. The van der Waals surface area contributed by atoms with E-state index in [4.69, 9.17) is 4.18 Å². The van der Waals surface area contributed by atoms with Crippen LogP contribution in [0.4, 0.5) is 0 Å². The van der Waals surface area contributed by atoms with Crippen molar-refractivity contribution in [3.8, 4) is 0 Å². The van der Waals surface area contributed by atoms with E-state index in [2.05, 4.69) is 0 Å². The van der Waals surface area contributed by atoms with Gasteiger partial charge in [-0.15, -0.1) is 0 Å². The third-order valence-electron chi connectivity index (χ3n) is 4.44. The van der Waals surface area contributed by atoms with Crippen LogP contribution in [0.1, 0.15) is 19.3 Å². The monoisotopic (exact) mass is 186 g/mol. The van der Waals surface area contributed by atoms with Gasteiger partial charge in [-0.05, 0) is 31.1 Å². The highest BCUT2D eigenvalue weighted by Crippen LogP contribution is 2.79. The summed E-state index contributed by atoms with van der Waals surface area (Å²) >= 11 is 0. The number of fused-ring (bicyclic) bond motifs is 2. The summed E-state index contributed by atoms with van der Waals surface area (Å²) in [4.78, 5) is 0. The highest BCUT2D eigenvalue weighted by Gasteiger charge is 2.84. The average molecular weight is 186 g/mol. The van der Waals surface area contributed by atoms with Crippen molar-refractivity contribution in [2.75, 3.05) is 0 Å². The molecule has 5 unspecified atom stereocenters. The molecule has 1 heterocycles. The van der Waals surface area contributed by atoms with Gasteiger partial charge in [0.15, 0.2) is 0 Å². The molecule has 0 aromatic carbocycles. The largest absolute Gasteiger partial charge is 0.271 e. The van der Waals surface area contributed by atoms with Crippen molar-refractivity contribution in [3.63, 3.8) is 0 Å². The van der Waals surface area contributed by atoms with Crippen molar-refractivity contribution in [2.45, 2.75) is 30.6 Å². The van der Waals surface area contributed by atoms with Gasteiger partial charge in [0.1, 0.15) is 0 Å². The maximum absolute atomic E-state index is 11.4. The maximum Gasteiger partial charge on any atom is 0.271 e. The molecular formula is C8H10O3S. The zero-order valence-electron chi connectivity index (χ0n) is 6.56. The Morgan fingerprint density at radius 2 is 2.17 bits per heavy atom. The Labute approximate surface area is 71.2 Å². The molecule has 3 saturated carbocycles. The summed E-state index contributed by atoms with van der Waals surface area (Å²) < 4.78 is 27.9. The molecule has 0 N–H and O–H groups in total. The third kappa shape index (κ3) is 0.408. The van der Waals surface area contributed by atoms with Crippen LogP contribution in [0.2, 0.25) is 0 Å². The van der Waals surface area contributed by atoms with E-state index in [0.29, 0.717) is 11.8 Å². The van der Waals surface area contributed by atoms with Gasteiger partial charge in [-0.2, -0.15) is 8.42 Å². The average Bonchev–Trinajstić information content (AvgIpc) is 2.42. The lowest BCUT2D eigenvalue weighted by Gasteiger charge is -2.17. The highest BCUT2D eigenvalue weighted by molar-refractivity contribution is 7.87. The Hall–Kier alpha value is -0.0900. The van der Waals surface area contributed by atoms with Crippen molar-refractivity contribution >= 4 is 10.1 Å². The topological polar surface area (TPSA) is 43.4 Å². The standard InChI is InChI=1S/C8H10O3S/c9-12(10)6-2-4-1-5-7(11-12)8(5,6)3-4/h4-7H,1-3H2. The summed E-state index contributed by atoms with van der Waals surface area (Å²) in [6.45, 7) is 0. The zero-order chi connectivity index (χ0) is 8.14. The predicted molar refractivity (Wildman–Crippen MR) is 40.8 cm³/mol. The lowest BCUT2D eigenvalue weighted by molar-refractivity contribution is 0.260. The van der Waals surface area contributed by atoms with Crippen LogP contribution < -0.4 is 0 Å². The predicted octanol–water partition coefficient (Wildman–Crippen LogP) is 0.513. The van der Waals surface area contributed by atoms with Gasteiger partial charge >= 0.3 is 0 Å². The van der Waals surface area contributed by atoms with Crippen molar-refractivity contribution in [1.82, 2.24) is 0 Å². The van der Waals surface area contributed by atoms with E-state index in [9.17, 15) is 8.42 Å². The van der Waals surface area contributed by atoms with Gasteiger partial charge in [-0.3, -0.25) is 4.18 Å². The lowest BCUT2D eigenvalue weighted by Crippen LogP contribution is -2.26. The lowest BCUT2D eigenvalue weighted by atomic mass is 10.0. The number of hydrogen-bond donors (Lipinski definition) is 0. The summed E-state index contributed by atoms with van der Waals surface area (Å²) in [5.74, 6) is 1.32. The molecule has 0 aromatic rings. The molecule has 66 valence electrons. The van der Waals surface area contributed by atoms with E-state index in [-0.39, 0.29) is 16.8 Å². The van der Waals surface area contributed by atoms with Crippen LogP contribution in [0.5, 0.6) is 0 Å². The molecule has 0 amide bonds. The van der Waals surface area contributed by atoms with E-state index >= 15 is 0 Å². The van der Waals surface area contributed by atoms with Crippen LogP contribution >= 0.6 is 0 Å². The SMILES string of the molecule is O=S1(=O)OC2C3CC4CC1C32C4. The molecule has 3 nitrogen and oxygen atoms in total. The molecular weight excluding hydrogens is 176 g/mol. The van der Waals surface area contributed by atoms with Crippen molar-refractivity contribution < 1.29 is 12.6 Å². The van der Waals surface area contributed by atoms with Gasteiger partial charge in [0.2, 0.25) is 0 Å². The van der Waals surface area contributed by atoms with E-state index in [1.807, 2.05) is 0 Å². The second-order valence-electron chi connectivity index (χ2n) is 4.76. The number of hydrogen-bond acceptors (Lipinski definition) is 3. The normalized spacial score (nSPS) is 68.3. The second kappa shape index (κ2) is 1.38. The van der Waals surface area contributed by atoms with Gasteiger partial charge in [0.05, 0.1) is 11.4 Å². The smallest absolute Gasteiger partial charge is 0.266 e. The molecule has 5 atom stereocenters. The minimum absolute atomic E-state index is 0.103. The molecule has 4 rings (SSSR count). The minimum Gasteiger partial charge on any atom is -0.266 e. The number of rotatable bonds is 0. The van der Waals surface area contributed by atoms with Crippen LogP contribution in [0.25, 0.3) is 0 Å². The fourth-order valence-corrected chi connectivity index (χ4v) is 6.25. The Morgan fingerprint density at radius 3 is 2.92 bits per heavy atom. The summed E-state index contributed by atoms with van der Waals surface area (Å²) in [6.07, 6.45) is 3.35. The fourth-order valence-electron chi connectivity index (χ4n) is 4.06. The van der Waals surface area contributed by atoms with Gasteiger partial charge in [0.25, 0.3) is 10.1 Å². The van der Waals surface area contributed by atoms with Crippen LogP contribution in [-0.4, -0.2) is 19.8 Å². The molecule has 4 heteroatoms. The summed E-state index contributed by atoms with van der Waals surface area (Å²) in [5, 5.41) is -0.112. The van der Waals surface area contributed by atoms with Crippen LogP contribution in [0, 0.1) is 17.3 Å². The minimum atomic E-state index is -3.14. The van der Waals surface area contributed by atoms with E-state index in [0.717, 1.165) is 12.8 Å². The van der Waals surface area contributed by atoms with Crippen molar-refractivity contribution in [3.05, 3.63) is 0 Å². The first-order valence-electron chi connectivity index (χ1n) is 4.57. The second-order valence-corrected chi connectivity index (χ2v) is 6.51. The van der Waals surface area contributed by atoms with Crippen LogP contribution in [-0.2, 0) is 14.3 Å². The molecule has 4 aliphatic rings. The molecule has 4 fully saturated rings. The fraction of sp³-hybridized carbons (Fsp3) is 1.00.